The summed E-state index contributed by atoms with van der Waals surface area (Å²) in [6, 6.07) is 15.5. The van der Waals surface area contributed by atoms with Crippen molar-refractivity contribution in [3.8, 4) is 6.07 Å². The summed E-state index contributed by atoms with van der Waals surface area (Å²) >= 11 is 0. The molecule has 2 aromatic carbocycles. The number of hydrogen-bond acceptors (Lipinski definition) is 5. The van der Waals surface area contributed by atoms with Crippen LogP contribution < -0.4 is 16.1 Å². The Kier molecular flexibility index (Phi) is 4.88. The molecule has 8 heteroatoms. The van der Waals surface area contributed by atoms with E-state index in [1.807, 2.05) is 53.4 Å². The number of rotatable bonds is 2. The maximum Gasteiger partial charge on any atom is 0.332 e. The molecule has 2 heterocycles. The van der Waals surface area contributed by atoms with E-state index in [4.69, 9.17) is 0 Å². The van der Waals surface area contributed by atoms with E-state index in [2.05, 4.69) is 0 Å². The van der Waals surface area contributed by atoms with Gasteiger partial charge in [0, 0.05) is 45.8 Å². The van der Waals surface area contributed by atoms with E-state index >= 15 is 0 Å². The van der Waals surface area contributed by atoms with Crippen molar-refractivity contribution in [2.45, 2.75) is 0 Å². The van der Waals surface area contributed by atoms with Gasteiger partial charge in [-0.2, -0.15) is 5.26 Å². The maximum atomic E-state index is 13.0. The van der Waals surface area contributed by atoms with E-state index in [1.165, 1.54) is 11.6 Å². The molecule has 3 aromatic rings. The number of piperazine rings is 1. The van der Waals surface area contributed by atoms with E-state index < -0.39 is 11.2 Å². The van der Waals surface area contributed by atoms with E-state index in [1.54, 1.807) is 11.9 Å². The Balaban J connectivity index is 1.57. The van der Waals surface area contributed by atoms with E-state index in [-0.39, 0.29) is 11.5 Å². The molecule has 1 saturated heterocycles. The Labute approximate surface area is 172 Å². The molecule has 1 aromatic heterocycles. The molecule has 1 aliphatic heterocycles. The quantitative estimate of drug-likeness (QED) is 0.638. The predicted octanol–water partition coefficient (Wildman–Crippen LogP) is 1.07. The topological polar surface area (TPSA) is 91.3 Å². The van der Waals surface area contributed by atoms with Crippen molar-refractivity contribution in [2.24, 2.45) is 14.1 Å². The molecule has 0 saturated carbocycles. The molecular weight excluding hydrogens is 382 g/mol. The van der Waals surface area contributed by atoms with Crippen LogP contribution in [-0.4, -0.2) is 46.1 Å². The fourth-order valence-electron chi connectivity index (χ4n) is 3.93. The lowest BCUT2D eigenvalue weighted by Gasteiger charge is -2.37. The average Bonchev–Trinajstić information content (AvgIpc) is 2.79. The molecule has 1 aliphatic rings. The zero-order valence-electron chi connectivity index (χ0n) is 16.8. The van der Waals surface area contributed by atoms with Gasteiger partial charge in [-0.3, -0.25) is 18.7 Å². The second-order valence-corrected chi connectivity index (χ2v) is 7.36. The highest BCUT2D eigenvalue weighted by Gasteiger charge is 2.27. The molecule has 0 N–H and O–H groups in total. The molecule has 0 unspecified atom stereocenters. The van der Waals surface area contributed by atoms with Gasteiger partial charge in [0.1, 0.15) is 11.9 Å². The number of nitriles is 1. The van der Waals surface area contributed by atoms with Crippen LogP contribution in [0.5, 0.6) is 0 Å². The number of anilines is 1. The Morgan fingerprint density at radius 1 is 0.933 bits per heavy atom. The lowest BCUT2D eigenvalue weighted by molar-refractivity contribution is 0.0746. The van der Waals surface area contributed by atoms with Gasteiger partial charge in [0.05, 0.1) is 0 Å². The van der Waals surface area contributed by atoms with Crippen molar-refractivity contribution in [3.63, 3.8) is 0 Å². The third kappa shape index (κ3) is 3.14. The highest BCUT2D eigenvalue weighted by Crippen LogP contribution is 2.20. The minimum Gasteiger partial charge on any atom is -0.353 e. The first kappa shape index (κ1) is 19.5. The normalized spacial score (nSPS) is 14.0. The fraction of sp³-hybridized carbons (Fsp3) is 0.273. The summed E-state index contributed by atoms with van der Waals surface area (Å²) in [5, 5.41) is 11.6. The first-order valence-electron chi connectivity index (χ1n) is 9.65. The molecule has 1 amide bonds. The van der Waals surface area contributed by atoms with Gasteiger partial charge in [0.15, 0.2) is 5.56 Å². The lowest BCUT2D eigenvalue weighted by atomic mass is 10.1. The summed E-state index contributed by atoms with van der Waals surface area (Å²) in [4.78, 5) is 41.2. The predicted molar refractivity (Wildman–Crippen MR) is 114 cm³/mol. The van der Waals surface area contributed by atoms with E-state index in [9.17, 15) is 19.6 Å². The van der Waals surface area contributed by atoms with Gasteiger partial charge in [-0.1, -0.05) is 30.3 Å². The number of hydrogen-bond donors (Lipinski definition) is 0. The Bertz CT molecular complexity index is 1310. The van der Waals surface area contributed by atoms with Gasteiger partial charge in [-0.05, 0) is 22.9 Å². The van der Waals surface area contributed by atoms with Gasteiger partial charge < -0.3 is 9.80 Å². The van der Waals surface area contributed by atoms with Crippen molar-refractivity contribution in [1.82, 2.24) is 14.0 Å². The SMILES string of the molecule is Cn1c(N2CCN(C(=O)c3ccc4ccccc4c3)CC2)c(C#N)c(=O)n(C)c1=O. The largest absolute Gasteiger partial charge is 0.353 e. The highest BCUT2D eigenvalue weighted by molar-refractivity contribution is 5.98. The summed E-state index contributed by atoms with van der Waals surface area (Å²) in [5.41, 5.74) is -0.524. The van der Waals surface area contributed by atoms with Crippen molar-refractivity contribution >= 4 is 22.5 Å². The molecule has 0 radical (unpaired) electrons. The van der Waals surface area contributed by atoms with E-state index in [0.717, 1.165) is 15.3 Å². The molecule has 4 rings (SSSR count). The fourth-order valence-corrected chi connectivity index (χ4v) is 3.93. The minimum atomic E-state index is -0.606. The highest BCUT2D eigenvalue weighted by atomic mass is 16.2. The lowest BCUT2D eigenvalue weighted by Crippen LogP contribution is -2.51. The third-order valence-electron chi connectivity index (χ3n) is 5.61. The molecule has 0 aliphatic carbocycles. The van der Waals surface area contributed by atoms with Gasteiger partial charge in [-0.15, -0.1) is 0 Å². The van der Waals surface area contributed by atoms with Crippen molar-refractivity contribution < 1.29 is 4.79 Å². The summed E-state index contributed by atoms with van der Waals surface area (Å²) in [6.45, 7) is 1.71. The van der Waals surface area contributed by atoms with E-state index in [0.29, 0.717) is 37.6 Å². The number of amides is 1. The van der Waals surface area contributed by atoms with Crippen LogP contribution in [0.3, 0.4) is 0 Å². The second-order valence-electron chi connectivity index (χ2n) is 7.36. The number of aromatic nitrogens is 2. The van der Waals surface area contributed by atoms with Crippen LogP contribution >= 0.6 is 0 Å². The number of carbonyl (C=O) groups is 1. The average molecular weight is 403 g/mol. The van der Waals surface area contributed by atoms with Gasteiger partial charge in [0.25, 0.3) is 11.5 Å². The van der Waals surface area contributed by atoms with Gasteiger partial charge >= 0.3 is 5.69 Å². The smallest absolute Gasteiger partial charge is 0.332 e. The Morgan fingerprint density at radius 3 is 2.27 bits per heavy atom. The van der Waals surface area contributed by atoms with Gasteiger partial charge in [-0.25, -0.2) is 4.79 Å². The minimum absolute atomic E-state index is 0.0567. The third-order valence-corrected chi connectivity index (χ3v) is 5.61. The molecule has 30 heavy (non-hydrogen) atoms. The second kappa shape index (κ2) is 7.52. The standard InChI is InChI=1S/C22H21N5O3/c1-24-19(18(14-23)21(29)25(2)22(24)30)26-9-11-27(12-10-26)20(28)17-8-7-15-5-3-4-6-16(15)13-17/h3-8,13H,9-12H2,1-2H3. The van der Waals surface area contributed by atoms with Crippen LogP contribution in [0.2, 0.25) is 0 Å². The van der Waals surface area contributed by atoms with Crippen LogP contribution in [0.15, 0.2) is 52.1 Å². The molecule has 8 nitrogen and oxygen atoms in total. The van der Waals surface area contributed by atoms with Crippen molar-refractivity contribution in [1.29, 1.82) is 5.26 Å². The molecule has 152 valence electrons. The molecule has 0 bridgehead atoms. The maximum absolute atomic E-state index is 13.0. The van der Waals surface area contributed by atoms with Crippen LogP contribution in [0.25, 0.3) is 10.8 Å². The number of benzene rings is 2. The van der Waals surface area contributed by atoms with Crippen LogP contribution in [0, 0.1) is 11.3 Å². The first-order valence-corrected chi connectivity index (χ1v) is 9.65. The van der Waals surface area contributed by atoms with Crippen LogP contribution in [0.1, 0.15) is 15.9 Å². The number of carbonyl (C=O) groups excluding carboxylic acids is 1. The van der Waals surface area contributed by atoms with Gasteiger partial charge in [0.2, 0.25) is 0 Å². The zero-order valence-corrected chi connectivity index (χ0v) is 16.8. The Hall–Kier alpha value is -3.86. The number of fused-ring (bicyclic) bond motifs is 1. The molecular formula is C22H21N5O3. The van der Waals surface area contributed by atoms with Crippen LogP contribution in [-0.2, 0) is 14.1 Å². The monoisotopic (exact) mass is 403 g/mol. The summed E-state index contributed by atoms with van der Waals surface area (Å²) in [7, 11) is 2.90. The first-order chi connectivity index (χ1) is 14.4. The summed E-state index contributed by atoms with van der Waals surface area (Å²) in [6.07, 6.45) is 0. The Morgan fingerprint density at radius 2 is 1.60 bits per heavy atom. The molecule has 1 fully saturated rings. The summed E-state index contributed by atoms with van der Waals surface area (Å²) < 4.78 is 2.25. The number of nitrogens with zero attached hydrogens (tertiary/aromatic N) is 5. The summed E-state index contributed by atoms with van der Waals surface area (Å²) in [5.74, 6) is 0.252. The zero-order chi connectivity index (χ0) is 21.4. The molecule has 0 spiro atoms. The van der Waals surface area contributed by atoms with Crippen LogP contribution in [0.4, 0.5) is 5.82 Å². The van der Waals surface area contributed by atoms with Crippen molar-refractivity contribution in [3.05, 3.63) is 74.4 Å². The molecule has 0 atom stereocenters. The van der Waals surface area contributed by atoms with Crippen molar-refractivity contribution in [2.75, 3.05) is 31.1 Å².